The van der Waals surface area contributed by atoms with Crippen molar-refractivity contribution in [2.45, 2.75) is 6.92 Å². The molecule has 0 fully saturated rings. The largest absolute Gasteiger partial charge is 0.467 e. The summed E-state index contributed by atoms with van der Waals surface area (Å²) < 4.78 is 5.16. The first-order chi connectivity index (χ1) is 13.4. The van der Waals surface area contributed by atoms with E-state index in [0.29, 0.717) is 22.6 Å². The Bertz CT molecular complexity index is 1000. The number of nitrogens with two attached hydrogens (primary N) is 1. The van der Waals surface area contributed by atoms with Crippen molar-refractivity contribution in [2.75, 3.05) is 17.7 Å². The zero-order valence-electron chi connectivity index (χ0n) is 15.3. The van der Waals surface area contributed by atoms with Crippen molar-refractivity contribution in [1.29, 1.82) is 0 Å². The van der Waals surface area contributed by atoms with Gasteiger partial charge in [0.05, 0.1) is 7.11 Å². The van der Waals surface area contributed by atoms with E-state index < -0.39 is 5.91 Å². The van der Waals surface area contributed by atoms with Crippen LogP contribution in [0.2, 0.25) is 0 Å². The van der Waals surface area contributed by atoms with E-state index in [0.717, 1.165) is 5.69 Å². The SMILES string of the molecule is COc1nc(Nc2ccc(NC(C)=O)cc2)nc(-c2ccc(C(N)=O)cc2)n1. The number of hydrogen-bond acceptors (Lipinski definition) is 7. The van der Waals surface area contributed by atoms with Crippen LogP contribution in [0, 0.1) is 0 Å². The number of hydrogen-bond donors (Lipinski definition) is 3. The van der Waals surface area contributed by atoms with Gasteiger partial charge < -0.3 is 21.1 Å². The summed E-state index contributed by atoms with van der Waals surface area (Å²) in [5.74, 6) is 0.00749. The molecule has 142 valence electrons. The van der Waals surface area contributed by atoms with Crippen LogP contribution in [0.1, 0.15) is 17.3 Å². The van der Waals surface area contributed by atoms with Crippen LogP contribution in [0.3, 0.4) is 0 Å². The van der Waals surface area contributed by atoms with Crippen LogP contribution in [-0.2, 0) is 4.79 Å². The molecule has 0 saturated carbocycles. The van der Waals surface area contributed by atoms with Gasteiger partial charge in [-0.3, -0.25) is 9.59 Å². The van der Waals surface area contributed by atoms with E-state index in [2.05, 4.69) is 25.6 Å². The highest BCUT2D eigenvalue weighted by Crippen LogP contribution is 2.22. The molecule has 9 heteroatoms. The van der Waals surface area contributed by atoms with Crippen LogP contribution in [0.15, 0.2) is 48.5 Å². The molecular weight excluding hydrogens is 360 g/mol. The Morgan fingerprint density at radius 3 is 2.14 bits per heavy atom. The number of aromatic nitrogens is 3. The van der Waals surface area contributed by atoms with E-state index in [1.807, 2.05) is 0 Å². The summed E-state index contributed by atoms with van der Waals surface area (Å²) >= 11 is 0. The minimum absolute atomic E-state index is 0.140. The van der Waals surface area contributed by atoms with E-state index in [4.69, 9.17) is 10.5 Å². The Balaban J connectivity index is 1.86. The molecule has 1 aromatic heterocycles. The smallest absolute Gasteiger partial charge is 0.321 e. The summed E-state index contributed by atoms with van der Waals surface area (Å²) in [6, 6.07) is 13.8. The maximum Gasteiger partial charge on any atom is 0.321 e. The third-order valence-corrected chi connectivity index (χ3v) is 3.69. The first-order valence-electron chi connectivity index (χ1n) is 8.29. The fourth-order valence-corrected chi connectivity index (χ4v) is 2.39. The van der Waals surface area contributed by atoms with Crippen molar-refractivity contribution in [3.05, 3.63) is 54.1 Å². The molecule has 0 bridgehead atoms. The zero-order valence-corrected chi connectivity index (χ0v) is 15.3. The van der Waals surface area contributed by atoms with Gasteiger partial charge in [0.1, 0.15) is 0 Å². The van der Waals surface area contributed by atoms with E-state index in [9.17, 15) is 9.59 Å². The third-order valence-electron chi connectivity index (χ3n) is 3.69. The van der Waals surface area contributed by atoms with Gasteiger partial charge in [0.15, 0.2) is 5.82 Å². The number of rotatable bonds is 6. The lowest BCUT2D eigenvalue weighted by atomic mass is 10.1. The summed E-state index contributed by atoms with van der Waals surface area (Å²) in [4.78, 5) is 35.1. The van der Waals surface area contributed by atoms with Crippen LogP contribution in [-0.4, -0.2) is 33.9 Å². The highest BCUT2D eigenvalue weighted by molar-refractivity contribution is 5.93. The molecule has 2 aromatic carbocycles. The van der Waals surface area contributed by atoms with Crippen molar-refractivity contribution in [3.8, 4) is 17.4 Å². The number of amides is 2. The minimum Gasteiger partial charge on any atom is -0.467 e. The third kappa shape index (κ3) is 4.58. The fraction of sp³-hybridized carbons (Fsp3) is 0.105. The molecule has 28 heavy (non-hydrogen) atoms. The van der Waals surface area contributed by atoms with Gasteiger partial charge in [0.25, 0.3) is 0 Å². The van der Waals surface area contributed by atoms with Crippen LogP contribution in [0.4, 0.5) is 17.3 Å². The summed E-state index contributed by atoms with van der Waals surface area (Å²) in [6.45, 7) is 1.45. The predicted molar refractivity (Wildman–Crippen MR) is 104 cm³/mol. The molecule has 9 nitrogen and oxygen atoms in total. The first kappa shape index (κ1) is 18.8. The number of benzene rings is 2. The summed E-state index contributed by atoms with van der Waals surface area (Å²) in [7, 11) is 1.46. The van der Waals surface area contributed by atoms with E-state index in [1.54, 1.807) is 48.5 Å². The Kier molecular flexibility index (Phi) is 5.45. The molecule has 0 atom stereocenters. The molecule has 0 radical (unpaired) electrons. The number of carbonyl (C=O) groups excluding carboxylic acids is 2. The number of methoxy groups -OCH3 is 1. The Morgan fingerprint density at radius 1 is 0.929 bits per heavy atom. The van der Waals surface area contributed by atoms with Gasteiger partial charge in [0.2, 0.25) is 17.8 Å². The second-order valence-electron chi connectivity index (χ2n) is 5.79. The molecule has 3 rings (SSSR count). The molecule has 4 N–H and O–H groups in total. The van der Waals surface area contributed by atoms with Crippen molar-refractivity contribution >= 4 is 29.1 Å². The second kappa shape index (κ2) is 8.12. The van der Waals surface area contributed by atoms with Gasteiger partial charge in [-0.2, -0.15) is 15.0 Å². The van der Waals surface area contributed by atoms with Crippen LogP contribution in [0.25, 0.3) is 11.4 Å². The summed E-state index contributed by atoms with van der Waals surface area (Å²) in [6.07, 6.45) is 0. The lowest BCUT2D eigenvalue weighted by molar-refractivity contribution is -0.114. The monoisotopic (exact) mass is 378 g/mol. The summed E-state index contributed by atoms with van der Waals surface area (Å²) in [5.41, 5.74) is 7.73. The Morgan fingerprint density at radius 2 is 1.57 bits per heavy atom. The maximum absolute atomic E-state index is 11.2. The van der Waals surface area contributed by atoms with Crippen LogP contribution >= 0.6 is 0 Å². The van der Waals surface area contributed by atoms with Gasteiger partial charge in [0, 0.05) is 29.4 Å². The number of carbonyl (C=O) groups is 2. The molecule has 2 amide bonds. The van der Waals surface area contributed by atoms with Gasteiger partial charge in [-0.15, -0.1) is 0 Å². The molecule has 0 spiro atoms. The number of nitrogens with one attached hydrogen (secondary N) is 2. The van der Waals surface area contributed by atoms with Gasteiger partial charge in [-0.1, -0.05) is 12.1 Å². The van der Waals surface area contributed by atoms with Crippen molar-refractivity contribution in [1.82, 2.24) is 15.0 Å². The lowest BCUT2D eigenvalue weighted by Crippen LogP contribution is -2.10. The average Bonchev–Trinajstić information content (AvgIpc) is 2.69. The number of nitrogens with zero attached hydrogens (tertiary/aromatic N) is 3. The molecule has 0 aliphatic rings. The van der Waals surface area contributed by atoms with Crippen molar-refractivity contribution < 1.29 is 14.3 Å². The van der Waals surface area contributed by atoms with Crippen LogP contribution < -0.4 is 21.1 Å². The van der Waals surface area contributed by atoms with E-state index >= 15 is 0 Å². The van der Waals surface area contributed by atoms with E-state index in [1.165, 1.54) is 14.0 Å². The number of anilines is 3. The average molecular weight is 378 g/mol. The molecule has 0 saturated heterocycles. The Hall–Kier alpha value is -4.01. The normalized spacial score (nSPS) is 10.2. The highest BCUT2D eigenvalue weighted by Gasteiger charge is 2.10. The first-order valence-corrected chi connectivity index (χ1v) is 8.29. The molecule has 3 aromatic rings. The fourth-order valence-electron chi connectivity index (χ4n) is 2.39. The number of ether oxygens (including phenoxy) is 1. The Labute approximate surface area is 161 Å². The maximum atomic E-state index is 11.2. The molecule has 0 aliphatic carbocycles. The molecule has 0 aliphatic heterocycles. The highest BCUT2D eigenvalue weighted by atomic mass is 16.5. The zero-order chi connectivity index (χ0) is 20.1. The quantitative estimate of drug-likeness (QED) is 0.600. The predicted octanol–water partition coefficient (Wildman–Crippen LogP) is 2.35. The minimum atomic E-state index is -0.509. The van der Waals surface area contributed by atoms with Crippen molar-refractivity contribution in [2.24, 2.45) is 5.73 Å². The topological polar surface area (TPSA) is 132 Å². The van der Waals surface area contributed by atoms with Crippen molar-refractivity contribution in [3.63, 3.8) is 0 Å². The molecule has 1 heterocycles. The molecule has 0 unspecified atom stereocenters. The molecular formula is C19H18N6O3. The van der Waals surface area contributed by atoms with Gasteiger partial charge >= 0.3 is 6.01 Å². The lowest BCUT2D eigenvalue weighted by Gasteiger charge is -2.09. The standard InChI is InChI=1S/C19H18N6O3/c1-11(26)21-14-7-9-15(10-8-14)22-18-23-17(24-19(25-18)28-2)13-5-3-12(4-6-13)16(20)27/h3-10H,1-2H3,(H2,20,27)(H,21,26)(H,22,23,24,25). The van der Waals surface area contributed by atoms with E-state index in [-0.39, 0.29) is 17.9 Å². The van der Waals surface area contributed by atoms with Crippen LogP contribution in [0.5, 0.6) is 6.01 Å². The second-order valence-corrected chi connectivity index (χ2v) is 5.79. The summed E-state index contributed by atoms with van der Waals surface area (Å²) in [5, 5.41) is 5.77. The number of primary amides is 1. The van der Waals surface area contributed by atoms with Gasteiger partial charge in [-0.05, 0) is 36.4 Å². The van der Waals surface area contributed by atoms with Gasteiger partial charge in [-0.25, -0.2) is 0 Å².